The van der Waals surface area contributed by atoms with Gasteiger partial charge in [-0.25, -0.2) is 13.2 Å². The van der Waals surface area contributed by atoms with Crippen molar-refractivity contribution < 1.29 is 18.0 Å². The summed E-state index contributed by atoms with van der Waals surface area (Å²) < 4.78 is 39.1. The van der Waals surface area contributed by atoms with Crippen LogP contribution < -0.4 is 0 Å². The van der Waals surface area contributed by atoms with Gasteiger partial charge in [-0.2, -0.15) is 0 Å². The molecular weight excluding hydrogens is 277 g/mol. The average Bonchev–Trinajstić information content (AvgIpc) is 2.44. The molecule has 0 aliphatic rings. The second-order valence-corrected chi connectivity index (χ2v) is 5.11. The maximum atomic E-state index is 13.1. The summed E-state index contributed by atoms with van der Waals surface area (Å²) >= 11 is 0. The predicted octanol–water partition coefficient (Wildman–Crippen LogP) is 4.54. The van der Waals surface area contributed by atoms with Crippen LogP contribution in [-0.2, 0) is 6.42 Å². The predicted molar refractivity (Wildman–Crippen MR) is 74.9 cm³/mol. The van der Waals surface area contributed by atoms with E-state index in [9.17, 15) is 18.0 Å². The highest BCUT2D eigenvalue weighted by Crippen LogP contribution is 2.17. The first kappa shape index (κ1) is 15.3. The lowest BCUT2D eigenvalue weighted by Gasteiger charge is -2.07. The number of rotatable bonds is 4. The Balaban J connectivity index is 2.13. The van der Waals surface area contributed by atoms with Gasteiger partial charge in [0.2, 0.25) is 0 Å². The fourth-order valence-corrected chi connectivity index (χ4v) is 2.18. The van der Waals surface area contributed by atoms with Crippen LogP contribution in [0.15, 0.2) is 30.3 Å². The Morgan fingerprint density at radius 1 is 1.00 bits per heavy atom. The average molecular weight is 292 g/mol. The molecule has 0 fully saturated rings. The van der Waals surface area contributed by atoms with E-state index in [1.165, 1.54) is 0 Å². The van der Waals surface area contributed by atoms with Crippen LogP contribution in [0, 0.1) is 31.3 Å². The number of Topliss-reactive ketones (excluding diaryl/α,β-unsaturated/α-hetero) is 1. The molecule has 0 amide bonds. The van der Waals surface area contributed by atoms with Crippen LogP contribution in [0.1, 0.15) is 33.5 Å². The number of carbonyl (C=O) groups is 1. The highest BCUT2D eigenvalue weighted by molar-refractivity contribution is 5.96. The molecule has 0 spiro atoms. The third kappa shape index (κ3) is 3.51. The minimum Gasteiger partial charge on any atom is -0.294 e. The molecule has 0 N–H and O–H groups in total. The minimum atomic E-state index is -1.55. The number of carbonyl (C=O) groups excluding carboxylic acids is 1. The van der Waals surface area contributed by atoms with Crippen LogP contribution in [0.2, 0.25) is 0 Å². The van der Waals surface area contributed by atoms with Crippen molar-refractivity contribution in [1.82, 2.24) is 0 Å². The lowest BCUT2D eigenvalue weighted by molar-refractivity contribution is 0.0981. The van der Waals surface area contributed by atoms with Crippen LogP contribution in [0.4, 0.5) is 13.2 Å². The lowest BCUT2D eigenvalue weighted by Crippen LogP contribution is -2.05. The van der Waals surface area contributed by atoms with Crippen molar-refractivity contribution in [1.29, 1.82) is 0 Å². The summed E-state index contributed by atoms with van der Waals surface area (Å²) in [5, 5.41) is 0. The molecule has 0 aromatic heterocycles. The minimum absolute atomic E-state index is 0.120. The molecule has 2 rings (SSSR count). The number of hydrogen-bond acceptors (Lipinski definition) is 1. The molecule has 0 radical (unpaired) electrons. The van der Waals surface area contributed by atoms with Gasteiger partial charge in [0.1, 0.15) is 0 Å². The van der Waals surface area contributed by atoms with E-state index in [0.717, 1.165) is 28.8 Å². The van der Waals surface area contributed by atoms with Crippen LogP contribution in [0.3, 0.4) is 0 Å². The van der Waals surface area contributed by atoms with E-state index in [1.54, 1.807) is 0 Å². The van der Waals surface area contributed by atoms with Crippen molar-refractivity contribution in [2.45, 2.75) is 26.7 Å². The standard InChI is InChI=1S/C17H15F3O/c1-10-3-4-11(2)12(7-10)5-6-16(21)13-8-14(18)17(20)15(19)9-13/h3-4,7-9H,5-6H2,1-2H3. The van der Waals surface area contributed by atoms with Crippen molar-refractivity contribution in [2.75, 3.05) is 0 Å². The van der Waals surface area contributed by atoms with Gasteiger partial charge in [0.25, 0.3) is 0 Å². The Bertz CT molecular complexity index is 669. The van der Waals surface area contributed by atoms with E-state index in [-0.39, 0.29) is 12.0 Å². The van der Waals surface area contributed by atoms with Crippen molar-refractivity contribution in [3.63, 3.8) is 0 Å². The van der Waals surface area contributed by atoms with Gasteiger partial charge >= 0.3 is 0 Å². The molecule has 0 heterocycles. The van der Waals surface area contributed by atoms with Gasteiger partial charge in [0, 0.05) is 12.0 Å². The summed E-state index contributed by atoms with van der Waals surface area (Å²) in [5.74, 6) is -4.65. The summed E-state index contributed by atoms with van der Waals surface area (Å²) in [6.45, 7) is 3.89. The van der Waals surface area contributed by atoms with Crippen molar-refractivity contribution in [3.05, 3.63) is 70.0 Å². The fourth-order valence-electron chi connectivity index (χ4n) is 2.18. The Kier molecular flexibility index (Phi) is 4.46. The SMILES string of the molecule is Cc1ccc(C)c(CCC(=O)c2cc(F)c(F)c(F)c2)c1. The Labute approximate surface area is 121 Å². The zero-order chi connectivity index (χ0) is 15.6. The topological polar surface area (TPSA) is 17.1 Å². The third-order valence-electron chi connectivity index (χ3n) is 3.43. The van der Waals surface area contributed by atoms with Gasteiger partial charge in [-0.15, -0.1) is 0 Å². The molecule has 0 aliphatic heterocycles. The molecule has 2 aromatic rings. The van der Waals surface area contributed by atoms with Gasteiger partial charge in [-0.3, -0.25) is 4.79 Å². The molecule has 2 aromatic carbocycles. The van der Waals surface area contributed by atoms with E-state index < -0.39 is 23.2 Å². The molecule has 4 heteroatoms. The molecule has 0 bridgehead atoms. The lowest BCUT2D eigenvalue weighted by atomic mass is 9.98. The van der Waals surface area contributed by atoms with Crippen LogP contribution in [-0.4, -0.2) is 5.78 Å². The van der Waals surface area contributed by atoms with E-state index in [0.29, 0.717) is 6.42 Å². The number of benzene rings is 2. The normalized spacial score (nSPS) is 10.7. The molecule has 0 aliphatic carbocycles. The van der Waals surface area contributed by atoms with Gasteiger partial charge in [-0.1, -0.05) is 23.8 Å². The maximum Gasteiger partial charge on any atom is 0.194 e. The first-order chi connectivity index (χ1) is 9.88. The largest absolute Gasteiger partial charge is 0.294 e. The number of ketones is 1. The van der Waals surface area contributed by atoms with E-state index in [2.05, 4.69) is 0 Å². The third-order valence-corrected chi connectivity index (χ3v) is 3.43. The zero-order valence-corrected chi connectivity index (χ0v) is 11.8. The number of halogens is 3. The summed E-state index contributed by atoms with van der Waals surface area (Å²) in [7, 11) is 0. The van der Waals surface area contributed by atoms with Crippen molar-refractivity contribution in [2.24, 2.45) is 0 Å². The van der Waals surface area contributed by atoms with E-state index in [4.69, 9.17) is 0 Å². The van der Waals surface area contributed by atoms with Gasteiger partial charge in [-0.05, 0) is 43.5 Å². The quantitative estimate of drug-likeness (QED) is 0.597. The summed E-state index contributed by atoms with van der Waals surface area (Å²) in [6.07, 6.45) is 0.599. The van der Waals surface area contributed by atoms with Gasteiger partial charge < -0.3 is 0 Å². The van der Waals surface area contributed by atoms with Gasteiger partial charge in [0.05, 0.1) is 0 Å². The zero-order valence-electron chi connectivity index (χ0n) is 11.8. The molecule has 0 atom stereocenters. The fraction of sp³-hybridized carbons (Fsp3) is 0.235. The number of aryl methyl sites for hydroxylation is 3. The second kappa shape index (κ2) is 6.12. The second-order valence-electron chi connectivity index (χ2n) is 5.11. The van der Waals surface area contributed by atoms with Gasteiger partial charge in [0.15, 0.2) is 23.2 Å². The molecule has 21 heavy (non-hydrogen) atoms. The monoisotopic (exact) mass is 292 g/mol. The molecule has 110 valence electrons. The first-order valence-electron chi connectivity index (χ1n) is 6.62. The Morgan fingerprint density at radius 3 is 2.24 bits per heavy atom. The smallest absolute Gasteiger partial charge is 0.194 e. The molecule has 1 nitrogen and oxygen atoms in total. The highest BCUT2D eigenvalue weighted by atomic mass is 19.2. The van der Waals surface area contributed by atoms with E-state index in [1.807, 2.05) is 32.0 Å². The molecule has 0 saturated heterocycles. The number of hydrogen-bond donors (Lipinski definition) is 0. The Hall–Kier alpha value is -2.10. The van der Waals surface area contributed by atoms with Crippen LogP contribution >= 0.6 is 0 Å². The van der Waals surface area contributed by atoms with E-state index >= 15 is 0 Å². The van der Waals surface area contributed by atoms with Crippen LogP contribution in [0.25, 0.3) is 0 Å². The molecule has 0 saturated carbocycles. The summed E-state index contributed by atoms with van der Waals surface area (Å²) in [4.78, 5) is 12.0. The summed E-state index contributed by atoms with van der Waals surface area (Å²) in [5.41, 5.74) is 3.02. The summed E-state index contributed by atoms with van der Waals surface area (Å²) in [6, 6.07) is 7.40. The molecule has 0 unspecified atom stereocenters. The molecular formula is C17H15F3O. The first-order valence-corrected chi connectivity index (χ1v) is 6.62. The maximum absolute atomic E-state index is 13.1. The van der Waals surface area contributed by atoms with Crippen molar-refractivity contribution >= 4 is 5.78 Å². The van der Waals surface area contributed by atoms with Crippen LogP contribution in [0.5, 0.6) is 0 Å². The highest BCUT2D eigenvalue weighted by Gasteiger charge is 2.15. The van der Waals surface area contributed by atoms with Crippen molar-refractivity contribution in [3.8, 4) is 0 Å². The Morgan fingerprint density at radius 2 is 1.62 bits per heavy atom.